The molecular weight excluding hydrogens is 256 g/mol. The van der Waals surface area contributed by atoms with Gasteiger partial charge in [0, 0.05) is 19.9 Å². The van der Waals surface area contributed by atoms with E-state index < -0.39 is 0 Å². The topological polar surface area (TPSA) is 51.1 Å². The van der Waals surface area contributed by atoms with Crippen molar-refractivity contribution in [3.8, 4) is 5.75 Å². The monoisotopic (exact) mass is 276 g/mol. The second kappa shape index (κ2) is 6.41. The summed E-state index contributed by atoms with van der Waals surface area (Å²) in [6.07, 6.45) is 1.16. The number of amides is 1. The van der Waals surface area contributed by atoms with Gasteiger partial charge in [0.05, 0.1) is 19.4 Å². The minimum atomic E-state index is -0.0624. The lowest BCUT2D eigenvalue weighted by Crippen LogP contribution is -2.34. The first-order valence-electron chi connectivity index (χ1n) is 6.75. The van der Waals surface area contributed by atoms with Crippen LogP contribution in [0.25, 0.3) is 0 Å². The SMILES string of the molecule is CCC(=O)N(C)C[C@@H]1CC(c2ccc(OC)cc2)=NO1. The molecule has 0 bridgehead atoms. The first-order chi connectivity index (χ1) is 9.63. The third-order valence-corrected chi connectivity index (χ3v) is 3.36. The van der Waals surface area contributed by atoms with E-state index in [-0.39, 0.29) is 12.0 Å². The second-order valence-corrected chi connectivity index (χ2v) is 4.83. The number of hydrogen-bond donors (Lipinski definition) is 0. The zero-order valence-electron chi connectivity index (χ0n) is 12.1. The molecule has 1 heterocycles. The lowest BCUT2D eigenvalue weighted by atomic mass is 10.0. The summed E-state index contributed by atoms with van der Waals surface area (Å²) in [5.41, 5.74) is 1.94. The number of methoxy groups -OCH3 is 1. The Hall–Kier alpha value is -2.04. The van der Waals surface area contributed by atoms with Gasteiger partial charge in [-0.25, -0.2) is 0 Å². The molecule has 1 aromatic rings. The van der Waals surface area contributed by atoms with Gasteiger partial charge in [-0.2, -0.15) is 0 Å². The summed E-state index contributed by atoms with van der Waals surface area (Å²) in [6.45, 7) is 2.42. The molecular formula is C15H20N2O3. The molecule has 1 aliphatic heterocycles. The molecule has 0 N–H and O–H groups in total. The minimum absolute atomic E-state index is 0.0624. The van der Waals surface area contributed by atoms with E-state index in [9.17, 15) is 4.79 Å². The van der Waals surface area contributed by atoms with E-state index in [4.69, 9.17) is 9.57 Å². The normalized spacial score (nSPS) is 17.4. The van der Waals surface area contributed by atoms with Crippen LogP contribution in [-0.2, 0) is 9.63 Å². The summed E-state index contributed by atoms with van der Waals surface area (Å²) >= 11 is 0. The van der Waals surface area contributed by atoms with Crippen LogP contribution in [0.5, 0.6) is 5.75 Å². The number of carbonyl (C=O) groups excluding carboxylic acids is 1. The van der Waals surface area contributed by atoms with E-state index in [2.05, 4.69) is 5.16 Å². The molecule has 5 nitrogen and oxygen atoms in total. The Morgan fingerprint density at radius 1 is 1.45 bits per heavy atom. The third kappa shape index (κ3) is 3.29. The molecule has 0 spiro atoms. The average molecular weight is 276 g/mol. The molecule has 0 fully saturated rings. The molecule has 1 aliphatic rings. The Labute approximate surface area is 119 Å². The lowest BCUT2D eigenvalue weighted by molar-refractivity contribution is -0.131. The van der Waals surface area contributed by atoms with Gasteiger partial charge in [-0.15, -0.1) is 0 Å². The fourth-order valence-corrected chi connectivity index (χ4v) is 2.16. The van der Waals surface area contributed by atoms with E-state index >= 15 is 0 Å². The highest BCUT2D eigenvalue weighted by Crippen LogP contribution is 2.19. The number of benzene rings is 1. The van der Waals surface area contributed by atoms with Gasteiger partial charge in [-0.3, -0.25) is 4.79 Å². The lowest BCUT2D eigenvalue weighted by Gasteiger charge is -2.19. The van der Waals surface area contributed by atoms with Crippen LogP contribution in [0.2, 0.25) is 0 Å². The Morgan fingerprint density at radius 3 is 2.75 bits per heavy atom. The molecule has 108 valence electrons. The van der Waals surface area contributed by atoms with Crippen LogP contribution in [0.4, 0.5) is 0 Å². The Kier molecular flexibility index (Phi) is 4.61. The van der Waals surface area contributed by atoms with E-state index in [1.807, 2.05) is 31.2 Å². The summed E-state index contributed by atoms with van der Waals surface area (Å²) in [5.74, 6) is 0.935. The number of ether oxygens (including phenoxy) is 1. The highest BCUT2D eigenvalue weighted by molar-refractivity contribution is 6.01. The largest absolute Gasteiger partial charge is 0.497 e. The van der Waals surface area contributed by atoms with E-state index in [1.165, 1.54) is 0 Å². The van der Waals surface area contributed by atoms with E-state index in [1.54, 1.807) is 19.1 Å². The number of oxime groups is 1. The van der Waals surface area contributed by atoms with Crippen molar-refractivity contribution < 1.29 is 14.4 Å². The van der Waals surface area contributed by atoms with Crippen LogP contribution >= 0.6 is 0 Å². The summed E-state index contributed by atoms with van der Waals surface area (Å²) < 4.78 is 5.13. The fraction of sp³-hybridized carbons (Fsp3) is 0.467. The number of nitrogens with zero attached hydrogens (tertiary/aromatic N) is 2. The number of carbonyl (C=O) groups is 1. The van der Waals surface area contributed by atoms with Crippen molar-refractivity contribution in [2.45, 2.75) is 25.9 Å². The van der Waals surface area contributed by atoms with E-state index in [0.717, 1.165) is 17.0 Å². The number of rotatable bonds is 5. The molecule has 1 amide bonds. The van der Waals surface area contributed by atoms with Crippen LogP contribution in [0, 0.1) is 0 Å². The highest BCUT2D eigenvalue weighted by atomic mass is 16.6. The standard InChI is InChI=1S/C15H20N2O3/c1-4-15(18)17(2)10-13-9-14(16-20-13)11-5-7-12(19-3)8-6-11/h5-8,13H,4,9-10H2,1-3H3/t13-/m0/s1. The minimum Gasteiger partial charge on any atom is -0.497 e. The Morgan fingerprint density at radius 2 is 2.15 bits per heavy atom. The van der Waals surface area contributed by atoms with Gasteiger partial charge in [0.2, 0.25) is 5.91 Å². The average Bonchev–Trinajstić information content (AvgIpc) is 2.94. The molecule has 2 rings (SSSR count). The zero-order chi connectivity index (χ0) is 14.5. The molecule has 0 aromatic heterocycles. The summed E-state index contributed by atoms with van der Waals surface area (Å²) in [5, 5.41) is 4.12. The molecule has 20 heavy (non-hydrogen) atoms. The molecule has 1 aromatic carbocycles. The van der Waals surface area contributed by atoms with Crippen molar-refractivity contribution in [3.63, 3.8) is 0 Å². The summed E-state index contributed by atoms with van der Waals surface area (Å²) in [6, 6.07) is 7.73. The van der Waals surface area contributed by atoms with Crippen molar-refractivity contribution in [2.75, 3.05) is 20.7 Å². The Balaban J connectivity index is 1.92. The van der Waals surface area contributed by atoms with Gasteiger partial charge >= 0.3 is 0 Å². The van der Waals surface area contributed by atoms with Gasteiger partial charge < -0.3 is 14.5 Å². The van der Waals surface area contributed by atoms with Gasteiger partial charge in [0.1, 0.15) is 5.75 Å². The van der Waals surface area contributed by atoms with Crippen LogP contribution < -0.4 is 4.74 Å². The molecule has 0 saturated carbocycles. The second-order valence-electron chi connectivity index (χ2n) is 4.83. The van der Waals surface area contributed by atoms with Gasteiger partial charge in [-0.05, 0) is 29.8 Å². The molecule has 5 heteroatoms. The van der Waals surface area contributed by atoms with Crippen molar-refractivity contribution >= 4 is 11.6 Å². The van der Waals surface area contributed by atoms with Crippen molar-refractivity contribution in [2.24, 2.45) is 5.16 Å². The van der Waals surface area contributed by atoms with Crippen molar-refractivity contribution in [1.82, 2.24) is 4.90 Å². The molecule has 0 saturated heterocycles. The van der Waals surface area contributed by atoms with Gasteiger partial charge in [0.15, 0.2) is 6.10 Å². The maximum Gasteiger partial charge on any atom is 0.222 e. The number of likely N-dealkylation sites (N-methyl/N-ethyl adjacent to an activating group) is 1. The first kappa shape index (κ1) is 14.4. The molecule has 0 aliphatic carbocycles. The molecule has 0 radical (unpaired) electrons. The van der Waals surface area contributed by atoms with Gasteiger partial charge in [0.25, 0.3) is 0 Å². The number of hydrogen-bond acceptors (Lipinski definition) is 4. The maximum atomic E-state index is 11.5. The summed E-state index contributed by atoms with van der Waals surface area (Å²) in [7, 11) is 3.43. The predicted octanol–water partition coefficient (Wildman–Crippen LogP) is 2.06. The van der Waals surface area contributed by atoms with Crippen LogP contribution in [0.3, 0.4) is 0 Å². The van der Waals surface area contributed by atoms with E-state index in [0.29, 0.717) is 19.4 Å². The quantitative estimate of drug-likeness (QED) is 0.827. The molecule has 1 atom stereocenters. The highest BCUT2D eigenvalue weighted by Gasteiger charge is 2.24. The zero-order valence-corrected chi connectivity index (χ0v) is 12.1. The van der Waals surface area contributed by atoms with Gasteiger partial charge in [-0.1, -0.05) is 12.1 Å². The van der Waals surface area contributed by atoms with Crippen LogP contribution in [0.15, 0.2) is 29.4 Å². The maximum absolute atomic E-state index is 11.5. The van der Waals surface area contributed by atoms with Crippen molar-refractivity contribution in [3.05, 3.63) is 29.8 Å². The Bertz CT molecular complexity index is 496. The van der Waals surface area contributed by atoms with Crippen LogP contribution in [-0.4, -0.2) is 43.3 Å². The smallest absolute Gasteiger partial charge is 0.222 e. The first-order valence-corrected chi connectivity index (χ1v) is 6.75. The fourth-order valence-electron chi connectivity index (χ4n) is 2.16. The molecule has 0 unspecified atom stereocenters. The summed E-state index contributed by atoms with van der Waals surface area (Å²) in [4.78, 5) is 18.6. The third-order valence-electron chi connectivity index (χ3n) is 3.36. The van der Waals surface area contributed by atoms with Crippen molar-refractivity contribution in [1.29, 1.82) is 0 Å². The predicted molar refractivity (Wildman–Crippen MR) is 76.9 cm³/mol. The van der Waals surface area contributed by atoms with Crippen LogP contribution in [0.1, 0.15) is 25.3 Å².